The third-order valence-corrected chi connectivity index (χ3v) is 2.13. The molecule has 0 aromatic carbocycles. The Morgan fingerprint density at radius 1 is 1.33 bits per heavy atom. The molecule has 0 N–H and O–H groups in total. The van der Waals surface area contributed by atoms with E-state index in [9.17, 15) is 22.0 Å². The lowest BCUT2D eigenvalue weighted by atomic mass is 10.0. The molecule has 1 fully saturated rings. The van der Waals surface area contributed by atoms with E-state index in [-0.39, 0.29) is 12.7 Å². The van der Waals surface area contributed by atoms with Crippen LogP contribution in [0.25, 0.3) is 0 Å². The quantitative estimate of drug-likeness (QED) is 0.537. The summed E-state index contributed by atoms with van der Waals surface area (Å²) in [5.74, 6) is -6.60. The molecule has 7 heteroatoms. The zero-order chi connectivity index (χ0) is 11.7. The summed E-state index contributed by atoms with van der Waals surface area (Å²) >= 11 is 0. The van der Waals surface area contributed by atoms with E-state index in [4.69, 9.17) is 0 Å². The highest BCUT2D eigenvalue weighted by molar-refractivity contribution is 4.79. The molecule has 0 saturated carbocycles. The van der Waals surface area contributed by atoms with Crippen molar-refractivity contribution >= 4 is 0 Å². The number of rotatable bonds is 5. The first-order valence-corrected chi connectivity index (χ1v) is 4.37. The van der Waals surface area contributed by atoms with Crippen LogP contribution in [0.1, 0.15) is 6.92 Å². The summed E-state index contributed by atoms with van der Waals surface area (Å²) in [6, 6.07) is 0. The predicted molar refractivity (Wildman–Crippen MR) is 40.7 cm³/mol. The molecule has 2 atom stereocenters. The summed E-state index contributed by atoms with van der Waals surface area (Å²) in [5.41, 5.74) is 0. The van der Waals surface area contributed by atoms with Crippen molar-refractivity contribution in [2.75, 3.05) is 19.8 Å². The van der Waals surface area contributed by atoms with E-state index in [1.54, 1.807) is 0 Å². The average molecular weight is 234 g/mol. The molecule has 2 nitrogen and oxygen atoms in total. The van der Waals surface area contributed by atoms with Crippen LogP contribution in [0.4, 0.5) is 22.0 Å². The monoisotopic (exact) mass is 234 g/mol. The number of hydrogen-bond donors (Lipinski definition) is 0. The van der Waals surface area contributed by atoms with Gasteiger partial charge in [0.2, 0.25) is 0 Å². The lowest BCUT2D eigenvalue weighted by molar-refractivity contribution is -0.246. The number of epoxide rings is 1. The minimum atomic E-state index is -4.91. The summed E-state index contributed by atoms with van der Waals surface area (Å²) in [5, 5.41) is 0. The molecule has 2 unspecified atom stereocenters. The van der Waals surface area contributed by atoms with E-state index in [1.807, 2.05) is 0 Å². The van der Waals surface area contributed by atoms with Crippen molar-refractivity contribution in [3.8, 4) is 0 Å². The molecule has 0 bridgehead atoms. The largest absolute Gasteiger partial charge is 0.397 e. The first kappa shape index (κ1) is 12.6. The van der Waals surface area contributed by atoms with Crippen LogP contribution in [-0.4, -0.2) is 38.0 Å². The van der Waals surface area contributed by atoms with E-state index in [0.29, 0.717) is 13.5 Å². The van der Waals surface area contributed by atoms with Crippen LogP contribution in [0, 0.1) is 5.92 Å². The Morgan fingerprint density at radius 2 is 1.87 bits per heavy atom. The lowest BCUT2D eigenvalue weighted by Crippen LogP contribution is -2.41. The Hall–Kier alpha value is -0.430. The normalized spacial score (nSPS) is 24.0. The fraction of sp³-hybridized carbons (Fsp3) is 1.00. The van der Waals surface area contributed by atoms with Crippen LogP contribution < -0.4 is 0 Å². The Labute approximate surface area is 83.3 Å². The van der Waals surface area contributed by atoms with Gasteiger partial charge in [-0.15, -0.1) is 0 Å². The first-order chi connectivity index (χ1) is 6.73. The average Bonchev–Trinajstić information content (AvgIpc) is 2.85. The Balaban J connectivity index is 2.34. The molecule has 0 aliphatic carbocycles. The lowest BCUT2D eigenvalue weighted by Gasteiger charge is -2.25. The van der Waals surface area contributed by atoms with Gasteiger partial charge in [-0.05, 0) is 6.92 Å². The summed E-state index contributed by atoms with van der Waals surface area (Å²) in [6.45, 7) is -0.453. The molecule has 1 aliphatic rings. The summed E-state index contributed by atoms with van der Waals surface area (Å²) in [6.07, 6.45) is -5.15. The Kier molecular flexibility index (Phi) is 3.55. The maximum atomic E-state index is 12.9. The van der Waals surface area contributed by atoms with Gasteiger partial charge in [-0.3, -0.25) is 0 Å². The van der Waals surface area contributed by atoms with Gasteiger partial charge in [0.05, 0.1) is 13.2 Å². The third-order valence-electron chi connectivity index (χ3n) is 2.13. The van der Waals surface area contributed by atoms with Gasteiger partial charge in [-0.2, -0.15) is 13.2 Å². The Morgan fingerprint density at radius 3 is 2.27 bits per heavy atom. The molecular formula is C8H11F5O2. The van der Waals surface area contributed by atoms with Gasteiger partial charge < -0.3 is 9.47 Å². The molecule has 90 valence electrons. The highest BCUT2D eigenvalue weighted by Gasteiger charge is 2.52. The maximum absolute atomic E-state index is 12.9. The first-order valence-electron chi connectivity index (χ1n) is 4.37. The van der Waals surface area contributed by atoms with E-state index in [0.717, 1.165) is 0 Å². The van der Waals surface area contributed by atoms with Crippen LogP contribution in [0.3, 0.4) is 0 Å². The van der Waals surface area contributed by atoms with Crippen molar-refractivity contribution in [2.24, 2.45) is 5.92 Å². The third kappa shape index (κ3) is 3.90. The number of hydrogen-bond acceptors (Lipinski definition) is 2. The zero-order valence-corrected chi connectivity index (χ0v) is 7.98. The van der Waals surface area contributed by atoms with Crippen molar-refractivity contribution in [3.05, 3.63) is 0 Å². The van der Waals surface area contributed by atoms with Crippen molar-refractivity contribution < 1.29 is 31.4 Å². The highest BCUT2D eigenvalue weighted by atomic mass is 19.4. The van der Waals surface area contributed by atoms with E-state index >= 15 is 0 Å². The van der Waals surface area contributed by atoms with E-state index < -0.39 is 24.6 Å². The van der Waals surface area contributed by atoms with Gasteiger partial charge in [0.1, 0.15) is 18.6 Å². The van der Waals surface area contributed by atoms with Gasteiger partial charge in [0.25, 0.3) is 5.92 Å². The van der Waals surface area contributed by atoms with Crippen molar-refractivity contribution in [1.82, 2.24) is 0 Å². The summed E-state index contributed by atoms with van der Waals surface area (Å²) in [7, 11) is 0. The molecule has 1 heterocycles. The molecule has 0 radical (unpaired) electrons. The van der Waals surface area contributed by atoms with Crippen LogP contribution in [0.2, 0.25) is 0 Å². The molecule has 0 aromatic heterocycles. The Bertz CT molecular complexity index is 212. The minimum Gasteiger partial charge on any atom is -0.372 e. The maximum Gasteiger partial charge on any atom is 0.397 e. The molecule has 1 rings (SSSR count). The van der Waals surface area contributed by atoms with Crippen molar-refractivity contribution in [3.63, 3.8) is 0 Å². The van der Waals surface area contributed by atoms with Crippen LogP contribution >= 0.6 is 0 Å². The molecular weight excluding hydrogens is 223 g/mol. The summed E-state index contributed by atoms with van der Waals surface area (Å²) in [4.78, 5) is 0. The van der Waals surface area contributed by atoms with Gasteiger partial charge in [0.15, 0.2) is 0 Å². The van der Waals surface area contributed by atoms with E-state index in [2.05, 4.69) is 9.47 Å². The molecule has 0 spiro atoms. The van der Waals surface area contributed by atoms with Crippen LogP contribution in [0.15, 0.2) is 0 Å². The predicted octanol–water partition coefficient (Wildman–Crippen LogP) is 2.24. The highest BCUT2D eigenvalue weighted by Crippen LogP contribution is 2.37. The summed E-state index contributed by atoms with van der Waals surface area (Å²) < 4.78 is 70.9. The topological polar surface area (TPSA) is 21.8 Å². The van der Waals surface area contributed by atoms with Gasteiger partial charge in [0, 0.05) is 0 Å². The van der Waals surface area contributed by atoms with Crippen molar-refractivity contribution in [1.29, 1.82) is 0 Å². The molecule has 0 amide bonds. The molecule has 0 aromatic rings. The second kappa shape index (κ2) is 4.21. The number of ether oxygens (including phenoxy) is 2. The van der Waals surface area contributed by atoms with Crippen molar-refractivity contribution in [2.45, 2.75) is 25.1 Å². The SMILES string of the molecule is CC(C(F)(F)F)C(F)(F)COCC1CO1. The van der Waals surface area contributed by atoms with Crippen LogP contribution in [-0.2, 0) is 9.47 Å². The minimum absolute atomic E-state index is 0.0832. The van der Waals surface area contributed by atoms with Gasteiger partial charge >= 0.3 is 6.18 Å². The van der Waals surface area contributed by atoms with E-state index in [1.165, 1.54) is 0 Å². The molecule has 15 heavy (non-hydrogen) atoms. The number of halogens is 5. The smallest absolute Gasteiger partial charge is 0.372 e. The zero-order valence-electron chi connectivity index (χ0n) is 7.98. The van der Waals surface area contributed by atoms with Crippen LogP contribution in [0.5, 0.6) is 0 Å². The fourth-order valence-electron chi connectivity index (χ4n) is 0.855. The second-order valence-corrected chi connectivity index (χ2v) is 3.49. The van der Waals surface area contributed by atoms with Gasteiger partial charge in [-0.1, -0.05) is 0 Å². The standard InChI is InChI=1S/C8H11F5O2/c1-5(8(11,12)13)7(9,10)4-14-2-6-3-15-6/h5-6H,2-4H2,1H3. The second-order valence-electron chi connectivity index (χ2n) is 3.49. The van der Waals surface area contributed by atoms with Gasteiger partial charge in [-0.25, -0.2) is 8.78 Å². The number of alkyl halides is 5. The molecule has 1 aliphatic heterocycles. The fourth-order valence-corrected chi connectivity index (χ4v) is 0.855. The molecule has 1 saturated heterocycles.